The van der Waals surface area contributed by atoms with Gasteiger partial charge in [0, 0.05) is 8.95 Å². The summed E-state index contributed by atoms with van der Waals surface area (Å²) < 4.78 is 12.9. The van der Waals surface area contributed by atoms with E-state index in [4.69, 9.17) is 9.47 Å². The first-order chi connectivity index (χ1) is 11.1. The van der Waals surface area contributed by atoms with Crippen LogP contribution >= 0.6 is 31.9 Å². The quantitative estimate of drug-likeness (QED) is 0.654. The molecule has 0 radical (unpaired) electrons. The Balaban J connectivity index is 1.94. The number of carbonyl (C=O) groups is 1. The van der Waals surface area contributed by atoms with E-state index in [0.29, 0.717) is 23.8 Å². The smallest absolute Gasteiger partial charge is 0.262 e. The Morgan fingerprint density at radius 1 is 1.09 bits per heavy atom. The second-order valence-electron chi connectivity index (χ2n) is 4.76. The normalized spacial score (nSPS) is 10.2. The Morgan fingerprint density at radius 3 is 2.43 bits per heavy atom. The van der Waals surface area contributed by atoms with Crippen molar-refractivity contribution in [3.05, 3.63) is 51.4 Å². The third-order valence-electron chi connectivity index (χ3n) is 2.87. The predicted molar refractivity (Wildman–Crippen MR) is 98.2 cm³/mol. The summed E-state index contributed by atoms with van der Waals surface area (Å²) in [7, 11) is 0. The second-order valence-corrected chi connectivity index (χ2v) is 6.53. The van der Waals surface area contributed by atoms with E-state index >= 15 is 0 Å². The van der Waals surface area contributed by atoms with E-state index < -0.39 is 0 Å². The topological polar surface area (TPSA) is 47.6 Å². The molecule has 2 rings (SSSR count). The SMILES string of the molecule is CCCOc1ccccc1OCC(=O)Nc1ccc(Br)cc1Br. The molecule has 0 aliphatic carbocycles. The van der Waals surface area contributed by atoms with Crippen LogP contribution in [0.4, 0.5) is 5.69 Å². The molecule has 4 nitrogen and oxygen atoms in total. The highest BCUT2D eigenvalue weighted by Crippen LogP contribution is 2.28. The van der Waals surface area contributed by atoms with Crippen molar-refractivity contribution in [2.24, 2.45) is 0 Å². The molecule has 1 N–H and O–H groups in total. The van der Waals surface area contributed by atoms with Crippen LogP contribution in [0.2, 0.25) is 0 Å². The molecule has 2 aromatic rings. The van der Waals surface area contributed by atoms with Gasteiger partial charge in [0.2, 0.25) is 0 Å². The minimum Gasteiger partial charge on any atom is -0.490 e. The number of benzene rings is 2. The number of para-hydroxylation sites is 2. The number of carbonyl (C=O) groups excluding carboxylic acids is 1. The van der Waals surface area contributed by atoms with E-state index in [1.165, 1.54) is 0 Å². The van der Waals surface area contributed by atoms with Gasteiger partial charge in [-0.05, 0) is 52.7 Å². The number of anilines is 1. The Morgan fingerprint density at radius 2 is 1.78 bits per heavy atom. The molecule has 0 heterocycles. The van der Waals surface area contributed by atoms with Crippen LogP contribution in [0.1, 0.15) is 13.3 Å². The molecule has 0 spiro atoms. The molecule has 23 heavy (non-hydrogen) atoms. The molecule has 0 aliphatic heterocycles. The number of ether oxygens (including phenoxy) is 2. The van der Waals surface area contributed by atoms with E-state index in [9.17, 15) is 4.79 Å². The highest BCUT2D eigenvalue weighted by molar-refractivity contribution is 9.11. The van der Waals surface area contributed by atoms with Gasteiger partial charge in [0.25, 0.3) is 5.91 Å². The first kappa shape index (κ1) is 17.8. The van der Waals surface area contributed by atoms with Crippen LogP contribution in [0.3, 0.4) is 0 Å². The van der Waals surface area contributed by atoms with Gasteiger partial charge < -0.3 is 14.8 Å². The molecule has 1 amide bonds. The fourth-order valence-corrected chi connectivity index (χ4v) is 2.97. The molecule has 0 bridgehead atoms. The van der Waals surface area contributed by atoms with E-state index in [1.54, 1.807) is 6.07 Å². The van der Waals surface area contributed by atoms with Crippen molar-refractivity contribution in [2.45, 2.75) is 13.3 Å². The van der Waals surface area contributed by atoms with Crippen molar-refractivity contribution < 1.29 is 14.3 Å². The van der Waals surface area contributed by atoms with E-state index in [-0.39, 0.29) is 12.5 Å². The summed E-state index contributed by atoms with van der Waals surface area (Å²) in [4.78, 5) is 12.0. The molecule has 0 saturated carbocycles. The number of hydrogen-bond donors (Lipinski definition) is 1. The van der Waals surface area contributed by atoms with Gasteiger partial charge in [-0.3, -0.25) is 4.79 Å². The fourth-order valence-electron chi connectivity index (χ4n) is 1.82. The summed E-state index contributed by atoms with van der Waals surface area (Å²) in [6, 6.07) is 12.9. The molecule has 0 saturated heterocycles. The van der Waals surface area contributed by atoms with Crippen LogP contribution in [0.25, 0.3) is 0 Å². The van der Waals surface area contributed by atoms with Crippen LogP contribution in [0, 0.1) is 0 Å². The van der Waals surface area contributed by atoms with Gasteiger partial charge in [-0.1, -0.05) is 35.0 Å². The molecule has 0 atom stereocenters. The van der Waals surface area contributed by atoms with Gasteiger partial charge in [-0.25, -0.2) is 0 Å². The lowest BCUT2D eigenvalue weighted by Crippen LogP contribution is -2.20. The largest absolute Gasteiger partial charge is 0.490 e. The van der Waals surface area contributed by atoms with Crippen LogP contribution in [-0.4, -0.2) is 19.1 Å². The summed E-state index contributed by atoms with van der Waals surface area (Å²) in [5.41, 5.74) is 0.692. The lowest BCUT2D eigenvalue weighted by atomic mass is 10.3. The molecular formula is C17H17Br2NO3. The molecular weight excluding hydrogens is 426 g/mol. The van der Waals surface area contributed by atoms with Crippen molar-refractivity contribution in [1.29, 1.82) is 0 Å². The zero-order valence-corrected chi connectivity index (χ0v) is 15.8. The number of halogens is 2. The van der Waals surface area contributed by atoms with Crippen molar-refractivity contribution in [2.75, 3.05) is 18.5 Å². The number of nitrogens with one attached hydrogen (secondary N) is 1. The first-order valence-corrected chi connectivity index (χ1v) is 8.78. The maximum Gasteiger partial charge on any atom is 0.262 e. The average molecular weight is 443 g/mol. The highest BCUT2D eigenvalue weighted by Gasteiger charge is 2.09. The number of amides is 1. The Labute approximate surface area is 152 Å². The summed E-state index contributed by atoms with van der Waals surface area (Å²) in [6.07, 6.45) is 0.909. The third kappa shape index (κ3) is 5.55. The maximum absolute atomic E-state index is 12.0. The van der Waals surface area contributed by atoms with Gasteiger partial charge >= 0.3 is 0 Å². The van der Waals surface area contributed by atoms with Crippen LogP contribution < -0.4 is 14.8 Å². The molecule has 0 unspecified atom stereocenters. The summed E-state index contributed by atoms with van der Waals surface area (Å²) in [5.74, 6) is 0.969. The minimum atomic E-state index is -0.238. The van der Waals surface area contributed by atoms with Crippen molar-refractivity contribution >= 4 is 43.5 Å². The Kier molecular flexibility index (Phi) is 6.92. The lowest BCUT2D eigenvalue weighted by Gasteiger charge is -2.12. The summed E-state index contributed by atoms with van der Waals surface area (Å²) >= 11 is 6.78. The third-order valence-corrected chi connectivity index (χ3v) is 4.02. The second kappa shape index (κ2) is 8.93. The van der Waals surface area contributed by atoms with E-state index in [0.717, 1.165) is 15.4 Å². The lowest BCUT2D eigenvalue weighted by molar-refractivity contribution is -0.118. The first-order valence-electron chi connectivity index (χ1n) is 7.19. The summed E-state index contributed by atoms with van der Waals surface area (Å²) in [6.45, 7) is 2.56. The van der Waals surface area contributed by atoms with Gasteiger partial charge in [0.05, 0.1) is 12.3 Å². The fraction of sp³-hybridized carbons (Fsp3) is 0.235. The Hall–Kier alpha value is -1.53. The van der Waals surface area contributed by atoms with Gasteiger partial charge in [0.1, 0.15) is 0 Å². The van der Waals surface area contributed by atoms with Gasteiger partial charge in [-0.15, -0.1) is 0 Å². The van der Waals surface area contributed by atoms with Crippen molar-refractivity contribution in [3.8, 4) is 11.5 Å². The molecule has 2 aromatic carbocycles. The Bertz CT molecular complexity index is 677. The molecule has 0 fully saturated rings. The monoisotopic (exact) mass is 441 g/mol. The highest BCUT2D eigenvalue weighted by atomic mass is 79.9. The number of rotatable bonds is 7. The van der Waals surface area contributed by atoms with E-state index in [2.05, 4.69) is 37.2 Å². The van der Waals surface area contributed by atoms with Crippen LogP contribution in [0.5, 0.6) is 11.5 Å². The van der Waals surface area contributed by atoms with Crippen LogP contribution in [-0.2, 0) is 4.79 Å². The molecule has 6 heteroatoms. The standard InChI is InChI=1S/C17H17Br2NO3/c1-2-9-22-15-5-3-4-6-16(15)23-11-17(21)20-14-8-7-12(18)10-13(14)19/h3-8,10H,2,9,11H2,1H3,(H,20,21). The zero-order chi connectivity index (χ0) is 16.7. The molecule has 0 aromatic heterocycles. The average Bonchev–Trinajstić information content (AvgIpc) is 2.54. The predicted octanol–water partition coefficient (Wildman–Crippen LogP) is 5.02. The van der Waals surface area contributed by atoms with E-state index in [1.807, 2.05) is 43.3 Å². The van der Waals surface area contributed by atoms with Gasteiger partial charge in [0.15, 0.2) is 18.1 Å². The van der Waals surface area contributed by atoms with Crippen molar-refractivity contribution in [3.63, 3.8) is 0 Å². The molecule has 122 valence electrons. The van der Waals surface area contributed by atoms with Crippen molar-refractivity contribution in [1.82, 2.24) is 0 Å². The van der Waals surface area contributed by atoms with Gasteiger partial charge in [-0.2, -0.15) is 0 Å². The zero-order valence-electron chi connectivity index (χ0n) is 12.6. The molecule has 0 aliphatic rings. The van der Waals surface area contributed by atoms with Crippen LogP contribution in [0.15, 0.2) is 51.4 Å². The maximum atomic E-state index is 12.0. The minimum absolute atomic E-state index is 0.0883. The number of hydrogen-bond acceptors (Lipinski definition) is 3. The summed E-state index contributed by atoms with van der Waals surface area (Å²) in [5, 5.41) is 2.80.